The minimum absolute atomic E-state index is 0.107. The van der Waals surface area contributed by atoms with Gasteiger partial charge in [-0.1, -0.05) is 13.8 Å². The smallest absolute Gasteiger partial charge is 0.169 e. The van der Waals surface area contributed by atoms with Crippen molar-refractivity contribution in [2.45, 2.75) is 45.0 Å². The van der Waals surface area contributed by atoms with Gasteiger partial charge >= 0.3 is 0 Å². The summed E-state index contributed by atoms with van der Waals surface area (Å²) in [5.74, 6) is 0.255. The van der Waals surface area contributed by atoms with Crippen LogP contribution in [0.5, 0.6) is 0 Å². The number of ether oxygens (including phenoxy) is 2. The standard InChI is InChI=1S/C10H17ClO2/c1-9(2)3-4-10(7-9)12-6-8(5-11)13-10/h8H,3-7H2,1-2H3. The fraction of sp³-hybridized carbons (Fsp3) is 1.00. The summed E-state index contributed by atoms with van der Waals surface area (Å²) in [6, 6.07) is 0. The number of rotatable bonds is 1. The van der Waals surface area contributed by atoms with Gasteiger partial charge in [-0.3, -0.25) is 0 Å². The Morgan fingerprint density at radius 2 is 2.15 bits per heavy atom. The van der Waals surface area contributed by atoms with E-state index < -0.39 is 0 Å². The largest absolute Gasteiger partial charge is 0.347 e. The lowest BCUT2D eigenvalue weighted by molar-refractivity contribution is -0.164. The fourth-order valence-electron chi connectivity index (χ4n) is 2.35. The quantitative estimate of drug-likeness (QED) is 0.612. The van der Waals surface area contributed by atoms with Gasteiger partial charge in [-0.25, -0.2) is 0 Å². The van der Waals surface area contributed by atoms with Crippen LogP contribution in [-0.4, -0.2) is 24.4 Å². The van der Waals surface area contributed by atoms with Gasteiger partial charge in [0.1, 0.15) is 0 Å². The summed E-state index contributed by atoms with van der Waals surface area (Å²) < 4.78 is 11.6. The Labute approximate surface area is 84.5 Å². The molecule has 1 aliphatic carbocycles. The van der Waals surface area contributed by atoms with Crippen molar-refractivity contribution in [3.63, 3.8) is 0 Å². The maximum atomic E-state index is 5.84. The van der Waals surface area contributed by atoms with Crippen molar-refractivity contribution in [3.8, 4) is 0 Å². The highest BCUT2D eigenvalue weighted by Gasteiger charge is 2.49. The predicted octanol–water partition coefficient (Wildman–Crippen LogP) is 2.55. The third-order valence-corrected chi connectivity index (χ3v) is 3.36. The molecule has 0 aromatic heterocycles. The van der Waals surface area contributed by atoms with Crippen molar-refractivity contribution in [2.75, 3.05) is 12.5 Å². The van der Waals surface area contributed by atoms with E-state index in [9.17, 15) is 0 Å². The highest BCUT2D eigenvalue weighted by molar-refractivity contribution is 6.18. The van der Waals surface area contributed by atoms with Gasteiger partial charge in [0, 0.05) is 12.8 Å². The second kappa shape index (κ2) is 3.11. The van der Waals surface area contributed by atoms with Gasteiger partial charge in [0.2, 0.25) is 0 Å². The average Bonchev–Trinajstić information content (AvgIpc) is 2.57. The van der Waals surface area contributed by atoms with Crippen LogP contribution in [0.1, 0.15) is 33.1 Å². The minimum atomic E-state index is -0.289. The van der Waals surface area contributed by atoms with Crippen LogP contribution in [0.25, 0.3) is 0 Å². The van der Waals surface area contributed by atoms with Gasteiger partial charge in [-0.05, 0) is 11.8 Å². The third kappa shape index (κ3) is 1.85. The summed E-state index contributed by atoms with van der Waals surface area (Å²) in [4.78, 5) is 0. The molecule has 13 heavy (non-hydrogen) atoms. The van der Waals surface area contributed by atoms with Gasteiger partial charge < -0.3 is 9.47 Å². The monoisotopic (exact) mass is 204 g/mol. The summed E-state index contributed by atoms with van der Waals surface area (Å²) in [5.41, 5.74) is 0.362. The first-order chi connectivity index (χ1) is 6.05. The Hall–Kier alpha value is 0.210. The average molecular weight is 205 g/mol. The lowest BCUT2D eigenvalue weighted by atomic mass is 9.91. The first kappa shape index (κ1) is 9.75. The van der Waals surface area contributed by atoms with Crippen LogP contribution in [0, 0.1) is 5.41 Å². The maximum Gasteiger partial charge on any atom is 0.169 e. The van der Waals surface area contributed by atoms with Crippen molar-refractivity contribution < 1.29 is 9.47 Å². The molecule has 1 heterocycles. The van der Waals surface area contributed by atoms with E-state index in [2.05, 4.69) is 13.8 Å². The molecule has 1 saturated carbocycles. The van der Waals surface area contributed by atoms with E-state index in [0.717, 1.165) is 12.8 Å². The Bertz CT molecular complexity index is 205. The highest BCUT2D eigenvalue weighted by atomic mass is 35.5. The first-order valence-corrected chi connectivity index (χ1v) is 5.47. The molecule has 0 N–H and O–H groups in total. The molecule has 2 nitrogen and oxygen atoms in total. The zero-order chi connectivity index (χ0) is 9.53. The molecule has 3 heteroatoms. The minimum Gasteiger partial charge on any atom is -0.347 e. The molecule has 2 fully saturated rings. The summed E-state index contributed by atoms with van der Waals surface area (Å²) in [7, 11) is 0. The Morgan fingerprint density at radius 3 is 2.62 bits per heavy atom. The van der Waals surface area contributed by atoms with Crippen molar-refractivity contribution in [1.82, 2.24) is 0 Å². The summed E-state index contributed by atoms with van der Waals surface area (Å²) in [6.07, 6.45) is 3.32. The lowest BCUT2D eigenvalue weighted by Crippen LogP contribution is -2.28. The number of hydrogen-bond acceptors (Lipinski definition) is 2. The van der Waals surface area contributed by atoms with Crippen LogP contribution < -0.4 is 0 Å². The summed E-state index contributed by atoms with van der Waals surface area (Å²) in [5, 5.41) is 0. The Morgan fingerprint density at radius 1 is 1.38 bits per heavy atom. The first-order valence-electron chi connectivity index (χ1n) is 4.93. The van der Waals surface area contributed by atoms with E-state index in [-0.39, 0.29) is 11.9 Å². The number of alkyl halides is 1. The molecule has 1 spiro atoms. The molecule has 2 unspecified atom stereocenters. The van der Waals surface area contributed by atoms with E-state index in [0.29, 0.717) is 17.9 Å². The van der Waals surface area contributed by atoms with E-state index in [1.54, 1.807) is 0 Å². The zero-order valence-electron chi connectivity index (χ0n) is 8.31. The highest BCUT2D eigenvalue weighted by Crippen LogP contribution is 2.48. The summed E-state index contributed by atoms with van der Waals surface area (Å²) in [6.45, 7) is 5.20. The van der Waals surface area contributed by atoms with Gasteiger partial charge in [0.25, 0.3) is 0 Å². The van der Waals surface area contributed by atoms with Crippen molar-refractivity contribution >= 4 is 11.6 Å². The van der Waals surface area contributed by atoms with Crippen LogP contribution in [0.3, 0.4) is 0 Å². The molecule has 0 radical (unpaired) electrons. The van der Waals surface area contributed by atoms with E-state index in [1.165, 1.54) is 6.42 Å². The van der Waals surface area contributed by atoms with Gasteiger partial charge in [0.15, 0.2) is 5.79 Å². The molecule has 2 atom stereocenters. The molecule has 0 amide bonds. The molecule has 0 bridgehead atoms. The van der Waals surface area contributed by atoms with Crippen LogP contribution in [0.15, 0.2) is 0 Å². The van der Waals surface area contributed by atoms with Crippen LogP contribution in [0.4, 0.5) is 0 Å². The van der Waals surface area contributed by atoms with E-state index in [4.69, 9.17) is 21.1 Å². The number of hydrogen-bond donors (Lipinski definition) is 0. The van der Waals surface area contributed by atoms with Gasteiger partial charge in [-0.15, -0.1) is 11.6 Å². The number of halogens is 1. The van der Waals surface area contributed by atoms with Crippen molar-refractivity contribution in [2.24, 2.45) is 5.41 Å². The molecule has 1 aliphatic heterocycles. The topological polar surface area (TPSA) is 18.5 Å². The molecule has 76 valence electrons. The second-order valence-electron chi connectivity index (χ2n) is 4.96. The molecule has 1 saturated heterocycles. The predicted molar refractivity (Wildman–Crippen MR) is 51.9 cm³/mol. The Kier molecular flexibility index (Phi) is 2.33. The maximum absolute atomic E-state index is 5.84. The van der Waals surface area contributed by atoms with Gasteiger partial charge in [0.05, 0.1) is 18.6 Å². The van der Waals surface area contributed by atoms with Crippen molar-refractivity contribution in [1.29, 1.82) is 0 Å². The molecular weight excluding hydrogens is 188 g/mol. The molecular formula is C10H17ClO2. The Balaban J connectivity index is 2.01. The molecule has 0 aromatic carbocycles. The fourth-order valence-corrected chi connectivity index (χ4v) is 2.50. The van der Waals surface area contributed by atoms with E-state index >= 15 is 0 Å². The normalized spacial score (nSPS) is 43.2. The van der Waals surface area contributed by atoms with Crippen LogP contribution in [-0.2, 0) is 9.47 Å². The van der Waals surface area contributed by atoms with Gasteiger partial charge in [-0.2, -0.15) is 0 Å². The van der Waals surface area contributed by atoms with Crippen molar-refractivity contribution in [3.05, 3.63) is 0 Å². The molecule has 2 aliphatic rings. The lowest BCUT2D eigenvalue weighted by Gasteiger charge is -2.24. The van der Waals surface area contributed by atoms with Crippen LogP contribution in [0.2, 0.25) is 0 Å². The molecule has 2 rings (SSSR count). The second-order valence-corrected chi connectivity index (χ2v) is 5.27. The SMILES string of the molecule is CC1(C)CCC2(C1)OCC(CCl)O2. The van der Waals surface area contributed by atoms with Crippen LogP contribution >= 0.6 is 11.6 Å². The van der Waals surface area contributed by atoms with E-state index in [1.807, 2.05) is 0 Å². The third-order valence-electron chi connectivity index (χ3n) is 3.02. The molecule has 0 aromatic rings. The zero-order valence-corrected chi connectivity index (χ0v) is 9.06. The summed E-state index contributed by atoms with van der Waals surface area (Å²) >= 11 is 5.74.